The van der Waals surface area contributed by atoms with Crippen molar-refractivity contribution < 1.29 is 14.2 Å². The number of hydrogen-bond donors (Lipinski definition) is 0. The van der Waals surface area contributed by atoms with Crippen LogP contribution in [0.3, 0.4) is 0 Å². The third-order valence-electron chi connectivity index (χ3n) is 3.84. The summed E-state index contributed by atoms with van der Waals surface area (Å²) < 4.78 is 19.8. The van der Waals surface area contributed by atoms with Crippen molar-refractivity contribution in [2.45, 2.75) is 41.4 Å². The number of hydrogen-bond acceptors (Lipinski definition) is 6. The van der Waals surface area contributed by atoms with Gasteiger partial charge < -0.3 is 0 Å². The zero-order chi connectivity index (χ0) is 16.7. The van der Waals surface area contributed by atoms with Gasteiger partial charge in [0, 0.05) is 0 Å². The maximum absolute atomic E-state index is 5.47. The molecule has 24 heavy (non-hydrogen) atoms. The van der Waals surface area contributed by atoms with E-state index in [1.807, 2.05) is 0 Å². The summed E-state index contributed by atoms with van der Waals surface area (Å²) in [6.45, 7) is 5.49. The quantitative estimate of drug-likeness (QED) is 0.150. The zero-order valence-corrected chi connectivity index (χ0v) is 21.4. The molecular formula is C16H28O3S3Te2. The molecular weight excluding hydrogens is 592 g/mol. The van der Waals surface area contributed by atoms with Gasteiger partial charge in [0.25, 0.3) is 0 Å². The first kappa shape index (κ1) is 21.2. The van der Waals surface area contributed by atoms with Crippen molar-refractivity contribution in [3.63, 3.8) is 0 Å². The molecule has 0 bridgehead atoms. The van der Waals surface area contributed by atoms with Gasteiger partial charge in [-0.1, -0.05) is 0 Å². The van der Waals surface area contributed by atoms with Crippen molar-refractivity contribution in [3.8, 4) is 0 Å². The summed E-state index contributed by atoms with van der Waals surface area (Å²) >= 11 is 6.76. The van der Waals surface area contributed by atoms with E-state index in [0.717, 1.165) is 20.7 Å². The standard InChI is InChI=1S/C16H28O3S3Te2/c1-2-16(22-12-15-9-19-15,23-5-3-20-10-13-7-17-13)24-6-4-21-11-14-8-18-14/h13-15H,2-12H2,1H3. The molecule has 3 fully saturated rings. The van der Waals surface area contributed by atoms with E-state index in [2.05, 4.69) is 42.2 Å². The Balaban J connectivity index is 1.33. The Bertz CT molecular complexity index is 344. The molecule has 3 aliphatic rings. The molecule has 3 nitrogen and oxygen atoms in total. The Hall–Kier alpha value is 2.51. The second-order valence-electron chi connectivity index (χ2n) is 6.06. The summed E-state index contributed by atoms with van der Waals surface area (Å²) in [7, 11) is 0. The molecule has 3 saturated heterocycles. The number of rotatable bonds is 16. The first-order chi connectivity index (χ1) is 11.8. The second-order valence-corrected chi connectivity index (χ2v) is 21.8. The molecule has 3 rings (SSSR count). The average Bonchev–Trinajstić information content (AvgIpc) is 3.45. The minimum atomic E-state index is 0.101. The van der Waals surface area contributed by atoms with Crippen molar-refractivity contribution in [2.24, 2.45) is 0 Å². The van der Waals surface area contributed by atoms with Crippen LogP contribution in [0.25, 0.3) is 0 Å². The summed E-state index contributed by atoms with van der Waals surface area (Å²) in [4.78, 5) is 0. The normalized spacial score (nSPS) is 30.1. The van der Waals surface area contributed by atoms with Gasteiger partial charge in [-0.25, -0.2) is 0 Å². The molecule has 8 heteroatoms. The Kier molecular flexibility index (Phi) is 10.2. The summed E-state index contributed by atoms with van der Waals surface area (Å²) in [6.07, 6.45) is 3.17. The van der Waals surface area contributed by atoms with Crippen LogP contribution in [0.4, 0.5) is 0 Å². The predicted octanol–water partition coefficient (Wildman–Crippen LogP) is 2.69. The van der Waals surface area contributed by atoms with E-state index in [0.29, 0.717) is 18.3 Å². The predicted molar refractivity (Wildman–Crippen MR) is 110 cm³/mol. The summed E-state index contributed by atoms with van der Waals surface area (Å²) in [5, 5.41) is 0. The molecule has 3 atom stereocenters. The Labute approximate surface area is 179 Å². The van der Waals surface area contributed by atoms with Crippen LogP contribution in [0, 0.1) is 0 Å². The molecule has 0 aromatic rings. The van der Waals surface area contributed by atoms with E-state index in [1.165, 1.54) is 44.1 Å². The molecule has 3 aliphatic heterocycles. The third-order valence-corrected chi connectivity index (χ3v) is 23.5. The summed E-state index contributed by atoms with van der Waals surface area (Å²) in [6, 6.07) is 0. The van der Waals surface area contributed by atoms with Gasteiger partial charge in [0.15, 0.2) is 0 Å². The van der Waals surface area contributed by atoms with Crippen molar-refractivity contribution >= 4 is 77.1 Å². The third kappa shape index (κ3) is 9.13. The molecule has 3 heterocycles. The van der Waals surface area contributed by atoms with Crippen LogP contribution >= 0.6 is 35.3 Å². The topological polar surface area (TPSA) is 37.6 Å². The van der Waals surface area contributed by atoms with E-state index in [-0.39, 0.29) is 41.8 Å². The van der Waals surface area contributed by atoms with Gasteiger partial charge in [-0.05, 0) is 0 Å². The molecule has 0 aromatic heterocycles. The number of thioether (sulfide) groups is 3. The molecule has 140 valence electrons. The summed E-state index contributed by atoms with van der Waals surface area (Å²) in [5.41, 5.74) is 0. The fourth-order valence-corrected chi connectivity index (χ4v) is 19.9. The summed E-state index contributed by atoms with van der Waals surface area (Å²) in [5.74, 6) is 6.45. The van der Waals surface area contributed by atoms with E-state index < -0.39 is 0 Å². The Morgan fingerprint density at radius 3 is 1.71 bits per heavy atom. The monoisotopic (exact) mass is 624 g/mol. The van der Waals surface area contributed by atoms with E-state index in [4.69, 9.17) is 14.2 Å². The molecule has 0 N–H and O–H groups in total. The van der Waals surface area contributed by atoms with Crippen LogP contribution in [0.2, 0.25) is 8.94 Å². The maximum atomic E-state index is 5.47. The molecule has 3 unspecified atom stereocenters. The van der Waals surface area contributed by atoms with Gasteiger partial charge in [0.05, 0.1) is 0 Å². The van der Waals surface area contributed by atoms with E-state index in [1.54, 1.807) is 0 Å². The molecule has 0 radical (unpaired) electrons. The van der Waals surface area contributed by atoms with Gasteiger partial charge in [-0.3, -0.25) is 0 Å². The molecule has 0 saturated carbocycles. The first-order valence-corrected chi connectivity index (χ1v) is 17.6. The Morgan fingerprint density at radius 2 is 1.29 bits per heavy atom. The van der Waals surface area contributed by atoms with Crippen molar-refractivity contribution in [1.29, 1.82) is 0 Å². The van der Waals surface area contributed by atoms with Gasteiger partial charge in [-0.15, -0.1) is 0 Å². The van der Waals surface area contributed by atoms with Crippen molar-refractivity contribution in [2.75, 3.05) is 48.6 Å². The van der Waals surface area contributed by atoms with Crippen LogP contribution in [0.1, 0.15) is 13.3 Å². The SMILES string of the molecule is CCC(SCC1CO1)([Te]CCSCC1CO1)[Te]CCSCC1CO1. The van der Waals surface area contributed by atoms with Crippen LogP contribution in [0.15, 0.2) is 0 Å². The van der Waals surface area contributed by atoms with Crippen LogP contribution in [-0.2, 0) is 14.2 Å². The minimum absolute atomic E-state index is 0.101. The first-order valence-electron chi connectivity index (χ1n) is 8.72. The van der Waals surface area contributed by atoms with Crippen LogP contribution < -0.4 is 0 Å². The second kappa shape index (κ2) is 11.5. The van der Waals surface area contributed by atoms with Gasteiger partial charge in [0.2, 0.25) is 0 Å². The van der Waals surface area contributed by atoms with Gasteiger partial charge >= 0.3 is 181 Å². The fourth-order valence-electron chi connectivity index (χ4n) is 2.09. The van der Waals surface area contributed by atoms with Gasteiger partial charge in [0.1, 0.15) is 0 Å². The Morgan fingerprint density at radius 1 is 0.833 bits per heavy atom. The molecule has 0 aliphatic carbocycles. The van der Waals surface area contributed by atoms with Gasteiger partial charge in [-0.2, -0.15) is 0 Å². The molecule has 0 aromatic carbocycles. The number of epoxide rings is 3. The van der Waals surface area contributed by atoms with Crippen LogP contribution in [-0.4, -0.2) is 110 Å². The number of ether oxygens (including phenoxy) is 3. The molecule has 0 spiro atoms. The molecule has 0 amide bonds. The fraction of sp³-hybridized carbons (Fsp3) is 1.00. The zero-order valence-electron chi connectivity index (χ0n) is 14.3. The van der Waals surface area contributed by atoms with Crippen molar-refractivity contribution in [3.05, 3.63) is 0 Å². The van der Waals surface area contributed by atoms with E-state index in [9.17, 15) is 0 Å². The van der Waals surface area contributed by atoms with Crippen molar-refractivity contribution in [1.82, 2.24) is 0 Å². The van der Waals surface area contributed by atoms with Crippen LogP contribution in [0.5, 0.6) is 0 Å². The average molecular weight is 620 g/mol. The van der Waals surface area contributed by atoms with E-state index >= 15 is 0 Å².